The molecule has 1 aromatic rings. The Bertz CT molecular complexity index is 544. The van der Waals surface area contributed by atoms with E-state index in [0.717, 1.165) is 0 Å². The topological polar surface area (TPSA) is 130 Å². The zero-order valence-electron chi connectivity index (χ0n) is 10.7. The van der Waals surface area contributed by atoms with E-state index in [1.54, 1.807) is 6.07 Å². The Labute approximate surface area is 115 Å². The van der Waals surface area contributed by atoms with Crippen molar-refractivity contribution in [2.75, 3.05) is 6.54 Å². The lowest BCUT2D eigenvalue weighted by molar-refractivity contribution is 0.0150. The normalized spacial score (nSPS) is 12.8. The Morgan fingerprint density at radius 1 is 1.40 bits per heavy atom. The lowest BCUT2D eigenvalue weighted by Gasteiger charge is -2.17. The van der Waals surface area contributed by atoms with Crippen molar-refractivity contribution in [3.05, 3.63) is 45.8 Å². The van der Waals surface area contributed by atoms with Crippen LogP contribution < -0.4 is 0 Å². The maximum absolute atomic E-state index is 11.5. The van der Waals surface area contributed by atoms with E-state index in [0.29, 0.717) is 11.1 Å². The first kappa shape index (κ1) is 15.7. The van der Waals surface area contributed by atoms with Gasteiger partial charge in [-0.05, 0) is 17.5 Å². The Morgan fingerprint density at radius 2 is 2.05 bits per heavy atom. The molecule has 7 nitrogen and oxygen atoms in total. The number of aliphatic hydroxyl groups excluding tert-OH is 2. The molecule has 0 aliphatic heterocycles. The molecule has 20 heavy (non-hydrogen) atoms. The lowest BCUT2D eigenvalue weighted by Crippen LogP contribution is -2.19. The molecule has 2 N–H and O–H groups in total. The summed E-state index contributed by atoms with van der Waals surface area (Å²) in [6.07, 6.45) is -2.23. The third-order valence-electron chi connectivity index (χ3n) is 2.77. The van der Waals surface area contributed by atoms with E-state index in [1.807, 2.05) is 0 Å². The van der Waals surface area contributed by atoms with Crippen LogP contribution in [0.2, 0.25) is 0 Å². The van der Waals surface area contributed by atoms with Crippen LogP contribution in [0.4, 0.5) is 0 Å². The van der Waals surface area contributed by atoms with Crippen molar-refractivity contribution in [1.82, 2.24) is 0 Å². The van der Waals surface area contributed by atoms with Gasteiger partial charge in [-0.15, -0.1) is 0 Å². The summed E-state index contributed by atoms with van der Waals surface area (Å²) in [6, 6.07) is 7.81. The minimum absolute atomic E-state index is 0.0907. The van der Waals surface area contributed by atoms with Gasteiger partial charge in [0, 0.05) is 17.0 Å². The zero-order valence-corrected chi connectivity index (χ0v) is 10.7. The van der Waals surface area contributed by atoms with Gasteiger partial charge in [0.15, 0.2) is 5.78 Å². The quantitative estimate of drug-likeness (QED) is 0.340. The average molecular weight is 274 g/mol. The Morgan fingerprint density at radius 3 is 2.60 bits per heavy atom. The summed E-state index contributed by atoms with van der Waals surface area (Å²) in [6.45, 7) is 0.0907. The van der Waals surface area contributed by atoms with Crippen molar-refractivity contribution in [3.8, 4) is 6.07 Å². The van der Waals surface area contributed by atoms with Crippen LogP contribution in [0.3, 0.4) is 0 Å². The molecule has 2 atom stereocenters. The molecule has 0 aliphatic carbocycles. The van der Waals surface area contributed by atoms with Crippen LogP contribution in [0.5, 0.6) is 0 Å². The first-order valence-electron chi connectivity index (χ1n) is 5.97. The maximum atomic E-state index is 11.5. The highest BCUT2D eigenvalue weighted by molar-refractivity contribution is 5.97. The van der Waals surface area contributed by atoms with Crippen molar-refractivity contribution in [2.45, 2.75) is 25.0 Å². The molecule has 0 fully saturated rings. The number of carbonyl (C=O) groups excluding carboxylic acids is 1. The molecule has 104 valence electrons. The Hall–Kier alpha value is -2.39. The molecule has 0 aromatic heterocycles. The van der Waals surface area contributed by atoms with Gasteiger partial charge in [0.1, 0.15) is 6.10 Å². The highest BCUT2D eigenvalue weighted by Gasteiger charge is 2.18. The third kappa shape index (κ3) is 4.37. The number of hydrogen-bond acceptors (Lipinski definition) is 5. The van der Waals surface area contributed by atoms with Gasteiger partial charge in [-0.25, -0.2) is 0 Å². The summed E-state index contributed by atoms with van der Waals surface area (Å²) in [7, 11) is 0. The van der Waals surface area contributed by atoms with Crippen LogP contribution >= 0.6 is 0 Å². The number of rotatable bonds is 7. The van der Waals surface area contributed by atoms with Gasteiger partial charge in [-0.2, -0.15) is 5.26 Å². The van der Waals surface area contributed by atoms with Crippen LogP contribution in [0, 0.1) is 11.3 Å². The molecule has 0 radical (unpaired) electrons. The van der Waals surface area contributed by atoms with Crippen LogP contribution in [0.15, 0.2) is 29.4 Å². The van der Waals surface area contributed by atoms with Crippen molar-refractivity contribution in [1.29, 1.82) is 5.26 Å². The summed E-state index contributed by atoms with van der Waals surface area (Å²) in [5.41, 5.74) is 8.95. The zero-order chi connectivity index (χ0) is 15.0. The van der Waals surface area contributed by atoms with Crippen molar-refractivity contribution in [2.24, 2.45) is 5.11 Å². The second-order valence-corrected chi connectivity index (χ2v) is 4.14. The summed E-state index contributed by atoms with van der Waals surface area (Å²) < 4.78 is 0. The molecule has 0 saturated carbocycles. The molecule has 7 heteroatoms. The van der Waals surface area contributed by atoms with E-state index >= 15 is 0 Å². The molecular weight excluding hydrogens is 260 g/mol. The molecule has 1 aromatic carbocycles. The summed E-state index contributed by atoms with van der Waals surface area (Å²) in [4.78, 5) is 14.0. The van der Waals surface area contributed by atoms with Gasteiger partial charge in [0.2, 0.25) is 0 Å². The van der Waals surface area contributed by atoms with Gasteiger partial charge < -0.3 is 10.2 Å². The third-order valence-corrected chi connectivity index (χ3v) is 2.77. The number of ketones is 1. The van der Waals surface area contributed by atoms with Crippen LogP contribution in [-0.4, -0.2) is 28.6 Å². The predicted molar refractivity (Wildman–Crippen MR) is 70.6 cm³/mol. The monoisotopic (exact) mass is 274 g/mol. The molecule has 0 aliphatic rings. The molecule has 0 heterocycles. The molecule has 0 spiro atoms. The van der Waals surface area contributed by atoms with Gasteiger partial charge >= 0.3 is 0 Å². The van der Waals surface area contributed by atoms with Gasteiger partial charge in [-0.1, -0.05) is 29.4 Å². The van der Waals surface area contributed by atoms with Crippen LogP contribution in [0.1, 0.15) is 34.9 Å². The Balaban J connectivity index is 2.70. The number of benzene rings is 1. The molecular formula is C13H14N4O3. The SMILES string of the molecule is N#CCC(=O)c1ccc(C(O)C(O)CCN=[N+]=[N-])cc1. The lowest BCUT2D eigenvalue weighted by atomic mass is 9.99. The van der Waals surface area contributed by atoms with E-state index < -0.39 is 12.2 Å². The van der Waals surface area contributed by atoms with E-state index in [9.17, 15) is 15.0 Å². The van der Waals surface area contributed by atoms with E-state index in [1.165, 1.54) is 24.3 Å². The van der Waals surface area contributed by atoms with Crippen molar-refractivity contribution in [3.63, 3.8) is 0 Å². The second kappa shape index (κ2) is 7.92. The largest absolute Gasteiger partial charge is 0.390 e. The molecule has 0 amide bonds. The molecule has 2 unspecified atom stereocenters. The molecule has 0 saturated heterocycles. The fraction of sp³-hybridized carbons (Fsp3) is 0.385. The average Bonchev–Trinajstić information content (AvgIpc) is 2.47. The number of nitriles is 1. The molecule has 1 rings (SSSR count). The maximum Gasteiger partial charge on any atom is 0.176 e. The predicted octanol–water partition coefficient (Wildman–Crippen LogP) is 1.88. The highest BCUT2D eigenvalue weighted by Crippen LogP contribution is 2.20. The highest BCUT2D eigenvalue weighted by atomic mass is 16.3. The smallest absolute Gasteiger partial charge is 0.176 e. The van der Waals surface area contributed by atoms with E-state index in [4.69, 9.17) is 10.8 Å². The fourth-order valence-electron chi connectivity index (χ4n) is 1.65. The van der Waals surface area contributed by atoms with Gasteiger partial charge in [0.25, 0.3) is 0 Å². The van der Waals surface area contributed by atoms with Gasteiger partial charge in [-0.3, -0.25) is 4.79 Å². The first-order valence-corrected chi connectivity index (χ1v) is 5.97. The number of azide groups is 1. The Kier molecular flexibility index (Phi) is 6.20. The number of carbonyl (C=O) groups is 1. The van der Waals surface area contributed by atoms with Gasteiger partial charge in [0.05, 0.1) is 18.6 Å². The minimum Gasteiger partial charge on any atom is -0.390 e. The minimum atomic E-state index is -1.12. The van der Waals surface area contributed by atoms with Crippen LogP contribution in [0.25, 0.3) is 10.4 Å². The van der Waals surface area contributed by atoms with E-state index in [2.05, 4.69) is 10.0 Å². The van der Waals surface area contributed by atoms with Crippen molar-refractivity contribution < 1.29 is 15.0 Å². The number of hydrogen-bond donors (Lipinski definition) is 2. The first-order chi connectivity index (χ1) is 9.60. The van der Waals surface area contributed by atoms with E-state index in [-0.39, 0.29) is 25.2 Å². The van der Waals surface area contributed by atoms with Crippen molar-refractivity contribution >= 4 is 5.78 Å². The number of aliphatic hydroxyl groups is 2. The number of nitrogens with zero attached hydrogens (tertiary/aromatic N) is 4. The number of Topliss-reactive ketones (excluding diaryl/α,β-unsaturated/α-hetero) is 1. The summed E-state index contributed by atoms with van der Waals surface area (Å²) >= 11 is 0. The fourth-order valence-corrected chi connectivity index (χ4v) is 1.65. The second-order valence-electron chi connectivity index (χ2n) is 4.14. The summed E-state index contributed by atoms with van der Waals surface area (Å²) in [5, 5.41) is 31.3. The summed E-state index contributed by atoms with van der Waals surface area (Å²) in [5.74, 6) is -0.294. The van der Waals surface area contributed by atoms with Crippen LogP contribution in [-0.2, 0) is 0 Å². The standard InChI is InChI=1S/C13H14N4O3/c14-7-5-11(18)9-1-3-10(4-2-9)13(20)12(19)6-8-16-17-15/h1-4,12-13,19-20H,5-6,8H2. The molecule has 0 bridgehead atoms.